The van der Waals surface area contributed by atoms with Crippen LogP contribution in [-0.2, 0) is 26.7 Å². The predicted octanol–water partition coefficient (Wildman–Crippen LogP) is 5.47. The van der Waals surface area contributed by atoms with E-state index in [2.05, 4.69) is 36.1 Å². The molecule has 1 unspecified atom stereocenters. The number of hydrogen-bond acceptors (Lipinski definition) is 5. The minimum atomic E-state index is -4.83. The van der Waals surface area contributed by atoms with Gasteiger partial charge in [0.15, 0.2) is 0 Å². The van der Waals surface area contributed by atoms with E-state index in [1.807, 2.05) is 24.3 Å². The minimum Gasteiger partial charge on any atom is -0.406 e. The first-order chi connectivity index (χ1) is 19.0. The van der Waals surface area contributed by atoms with Crippen LogP contribution in [0.5, 0.6) is 5.75 Å². The fourth-order valence-corrected chi connectivity index (χ4v) is 4.33. The Morgan fingerprint density at radius 1 is 0.902 bits per heavy atom. The van der Waals surface area contributed by atoms with Gasteiger partial charge in [-0.15, -0.1) is 13.2 Å². The molecular weight excluding hydrogens is 561 g/mol. The number of carbonyl (C=O) groups excluding carboxylic acids is 2. The maximum absolute atomic E-state index is 13.4. The Morgan fingerprint density at radius 2 is 1.49 bits per heavy atom. The first-order valence-electron chi connectivity index (χ1n) is 12.6. The second kappa shape index (κ2) is 12.7. The number of ether oxygens (including phenoxy) is 1. The van der Waals surface area contributed by atoms with Gasteiger partial charge in [0.1, 0.15) is 5.75 Å². The van der Waals surface area contributed by atoms with Gasteiger partial charge in [0.2, 0.25) is 5.91 Å². The van der Waals surface area contributed by atoms with E-state index in [9.17, 15) is 31.2 Å². The van der Waals surface area contributed by atoms with Crippen molar-refractivity contribution in [2.75, 3.05) is 17.6 Å². The fourth-order valence-electron chi connectivity index (χ4n) is 3.97. The summed E-state index contributed by atoms with van der Waals surface area (Å²) in [4.78, 5) is 25.7. The Morgan fingerprint density at radius 3 is 2.00 bits per heavy atom. The molecule has 2 amide bonds. The van der Waals surface area contributed by atoms with Crippen LogP contribution in [0.4, 0.5) is 18.9 Å². The molecule has 12 heteroatoms. The molecule has 0 saturated carbocycles. The lowest BCUT2D eigenvalue weighted by atomic mass is 9.84. The van der Waals surface area contributed by atoms with Crippen molar-refractivity contribution >= 4 is 27.6 Å². The highest BCUT2D eigenvalue weighted by Crippen LogP contribution is 2.29. The highest BCUT2D eigenvalue weighted by atomic mass is 32.2. The van der Waals surface area contributed by atoms with Crippen molar-refractivity contribution in [2.45, 2.75) is 44.9 Å². The third kappa shape index (κ3) is 10.2. The monoisotopic (exact) mass is 592 g/mol. The third-order valence-electron chi connectivity index (χ3n) is 6.15. The smallest absolute Gasteiger partial charge is 0.406 e. The van der Waals surface area contributed by atoms with Crippen LogP contribution in [0.1, 0.15) is 53.7 Å². The lowest BCUT2D eigenvalue weighted by molar-refractivity contribution is -0.274. The summed E-state index contributed by atoms with van der Waals surface area (Å²) in [5.74, 6) is -2.61. The number of rotatable bonds is 10. The predicted molar refractivity (Wildman–Crippen MR) is 149 cm³/mol. The standard InChI is InChI=1S/C29H31F3N2O6S/c1-28(2,3)22-10-8-20(9-11-22)25(27(36)34-23-12-14-24(15-13-23)40-29(30,31)32)18-19-4-6-21(7-5-19)26(35)33-16-17-41(37,38)39/h4-15,25H,16-18H2,1-3H3,(H,33,35)(H,34,36)(H,37,38,39). The van der Waals surface area contributed by atoms with Crippen molar-refractivity contribution in [3.63, 3.8) is 0 Å². The average Bonchev–Trinajstić information content (AvgIpc) is 2.86. The minimum absolute atomic E-state index is 0.103. The second-order valence-electron chi connectivity index (χ2n) is 10.4. The Hall–Kier alpha value is -3.90. The Kier molecular flexibility index (Phi) is 9.82. The molecule has 3 aromatic rings. The molecule has 0 bridgehead atoms. The molecule has 0 heterocycles. The summed E-state index contributed by atoms with van der Waals surface area (Å²) in [6, 6.07) is 18.9. The number of halogens is 3. The number of amides is 2. The fraction of sp³-hybridized carbons (Fsp3) is 0.310. The largest absolute Gasteiger partial charge is 0.573 e. The summed E-state index contributed by atoms with van der Waals surface area (Å²) in [5, 5.41) is 5.16. The third-order valence-corrected chi connectivity index (χ3v) is 6.87. The van der Waals surface area contributed by atoms with Crippen molar-refractivity contribution in [1.82, 2.24) is 5.32 Å². The number of benzene rings is 3. The van der Waals surface area contributed by atoms with E-state index >= 15 is 0 Å². The van der Waals surface area contributed by atoms with Crippen molar-refractivity contribution in [2.24, 2.45) is 0 Å². The van der Waals surface area contributed by atoms with Gasteiger partial charge in [0, 0.05) is 17.8 Å². The van der Waals surface area contributed by atoms with Gasteiger partial charge in [0.05, 0.1) is 11.7 Å². The van der Waals surface area contributed by atoms with E-state index in [0.717, 1.165) is 28.8 Å². The number of nitrogens with one attached hydrogen (secondary N) is 2. The first-order valence-corrected chi connectivity index (χ1v) is 14.2. The molecule has 0 aliphatic rings. The maximum atomic E-state index is 13.4. The van der Waals surface area contributed by atoms with Gasteiger partial charge in [-0.2, -0.15) is 8.42 Å². The summed E-state index contributed by atoms with van der Waals surface area (Å²) in [6.07, 6.45) is -4.58. The molecule has 0 saturated heterocycles. The summed E-state index contributed by atoms with van der Waals surface area (Å²) < 4.78 is 71.8. The normalized spacial score (nSPS) is 12.9. The topological polar surface area (TPSA) is 122 Å². The molecule has 41 heavy (non-hydrogen) atoms. The van der Waals surface area contributed by atoms with Crippen molar-refractivity contribution in [1.29, 1.82) is 0 Å². The summed E-state index contributed by atoms with van der Waals surface area (Å²) in [5.41, 5.74) is 2.98. The average molecular weight is 593 g/mol. The first kappa shape index (κ1) is 31.6. The van der Waals surface area contributed by atoms with E-state index in [4.69, 9.17) is 4.55 Å². The Labute approximate surface area is 236 Å². The number of anilines is 1. The second-order valence-corrected chi connectivity index (χ2v) is 12.0. The molecule has 3 rings (SSSR count). The lowest BCUT2D eigenvalue weighted by Gasteiger charge is -2.22. The molecule has 1 atom stereocenters. The van der Waals surface area contributed by atoms with E-state index in [1.165, 1.54) is 24.3 Å². The molecule has 3 N–H and O–H groups in total. The molecule has 220 valence electrons. The van der Waals surface area contributed by atoms with E-state index < -0.39 is 39.8 Å². The molecular formula is C29H31F3N2O6S. The molecule has 0 aliphatic carbocycles. The van der Waals surface area contributed by atoms with Crippen LogP contribution in [0.2, 0.25) is 0 Å². The molecule has 0 aliphatic heterocycles. The van der Waals surface area contributed by atoms with Gasteiger partial charge in [0.25, 0.3) is 16.0 Å². The van der Waals surface area contributed by atoms with Crippen LogP contribution < -0.4 is 15.4 Å². The van der Waals surface area contributed by atoms with Gasteiger partial charge in [-0.05, 0) is 64.9 Å². The highest BCUT2D eigenvalue weighted by Gasteiger charge is 2.31. The van der Waals surface area contributed by atoms with E-state index in [1.54, 1.807) is 12.1 Å². The van der Waals surface area contributed by atoms with Crippen LogP contribution in [0.25, 0.3) is 0 Å². The van der Waals surface area contributed by atoms with Crippen LogP contribution in [0.3, 0.4) is 0 Å². The molecule has 0 fully saturated rings. The Bertz CT molecular complexity index is 1450. The van der Waals surface area contributed by atoms with Crippen molar-refractivity contribution < 1.29 is 40.5 Å². The lowest BCUT2D eigenvalue weighted by Crippen LogP contribution is -2.28. The molecule has 8 nitrogen and oxygen atoms in total. The van der Waals surface area contributed by atoms with Crippen LogP contribution in [0.15, 0.2) is 72.8 Å². The number of carbonyl (C=O) groups is 2. The van der Waals surface area contributed by atoms with E-state index in [-0.39, 0.29) is 35.5 Å². The summed E-state index contributed by atoms with van der Waals surface area (Å²) >= 11 is 0. The molecule has 3 aromatic carbocycles. The number of hydrogen-bond donors (Lipinski definition) is 3. The molecule has 0 spiro atoms. The van der Waals surface area contributed by atoms with Crippen molar-refractivity contribution in [3.8, 4) is 5.75 Å². The maximum Gasteiger partial charge on any atom is 0.573 e. The van der Waals surface area contributed by atoms with Gasteiger partial charge < -0.3 is 15.4 Å². The van der Waals surface area contributed by atoms with Crippen LogP contribution in [-0.4, -0.2) is 43.4 Å². The Balaban J connectivity index is 1.79. The van der Waals surface area contributed by atoms with Crippen molar-refractivity contribution in [3.05, 3.63) is 95.1 Å². The zero-order chi connectivity index (χ0) is 30.4. The van der Waals surface area contributed by atoms with Gasteiger partial charge >= 0.3 is 6.36 Å². The van der Waals surface area contributed by atoms with Gasteiger partial charge in [-0.25, -0.2) is 0 Å². The zero-order valence-electron chi connectivity index (χ0n) is 22.7. The number of alkyl halides is 3. The highest BCUT2D eigenvalue weighted by molar-refractivity contribution is 7.85. The van der Waals surface area contributed by atoms with Gasteiger partial charge in [-0.1, -0.05) is 57.2 Å². The zero-order valence-corrected chi connectivity index (χ0v) is 23.5. The van der Waals surface area contributed by atoms with Crippen LogP contribution >= 0.6 is 0 Å². The molecule has 0 radical (unpaired) electrons. The molecule has 0 aromatic heterocycles. The van der Waals surface area contributed by atoms with Crippen LogP contribution in [0, 0.1) is 0 Å². The van der Waals surface area contributed by atoms with E-state index in [0.29, 0.717) is 0 Å². The SMILES string of the molecule is CC(C)(C)c1ccc(C(Cc2ccc(C(=O)NCCS(=O)(=O)O)cc2)C(=O)Nc2ccc(OC(F)(F)F)cc2)cc1. The summed E-state index contributed by atoms with van der Waals surface area (Å²) in [7, 11) is -4.20. The van der Waals surface area contributed by atoms with Gasteiger partial charge in [-0.3, -0.25) is 14.1 Å². The quantitative estimate of drug-likeness (QED) is 0.269. The summed E-state index contributed by atoms with van der Waals surface area (Å²) in [6.45, 7) is 5.95.